The highest BCUT2D eigenvalue weighted by atomic mass is 32.2. The molecule has 0 saturated carbocycles. The van der Waals surface area contributed by atoms with E-state index in [9.17, 15) is 34.8 Å². The molecular formula is C29H22F6O4S. The van der Waals surface area contributed by atoms with Crippen molar-refractivity contribution in [2.75, 3.05) is 7.11 Å². The third-order valence-electron chi connectivity index (χ3n) is 6.36. The summed E-state index contributed by atoms with van der Waals surface area (Å²) in [5.74, 6) is 0.560. The van der Waals surface area contributed by atoms with Crippen molar-refractivity contribution in [3.8, 4) is 17.2 Å². The van der Waals surface area contributed by atoms with Crippen molar-refractivity contribution in [3.05, 3.63) is 114 Å². The van der Waals surface area contributed by atoms with Crippen LogP contribution in [0.4, 0.5) is 26.3 Å². The summed E-state index contributed by atoms with van der Waals surface area (Å²) in [6.45, 7) is 1.56. The number of benzene rings is 4. The molecule has 0 saturated heterocycles. The molecule has 0 amide bonds. The van der Waals surface area contributed by atoms with E-state index in [-0.39, 0.29) is 21.3 Å². The molecule has 0 atom stereocenters. The zero-order chi connectivity index (χ0) is 29.3. The van der Waals surface area contributed by atoms with Crippen LogP contribution in [0.25, 0.3) is 0 Å². The van der Waals surface area contributed by atoms with Crippen LogP contribution in [0.3, 0.4) is 0 Å². The standard InChI is InChI=1S/C29H22F6O4S/c1-19-3-5-20(6-4-19)27(28(30,31)32,29(33,34)35)21-7-9-23(10-8-21)39-24-13-17-26(18-14-24)40(36,37)25-15-11-22(38-2)12-16-25/h3-18H,1-2H3. The monoisotopic (exact) mass is 580 g/mol. The second kappa shape index (κ2) is 10.5. The summed E-state index contributed by atoms with van der Waals surface area (Å²) in [4.78, 5) is -0.0115. The molecule has 0 bridgehead atoms. The summed E-state index contributed by atoms with van der Waals surface area (Å²) in [6, 6.07) is 18.4. The maximum absolute atomic E-state index is 14.3. The van der Waals surface area contributed by atoms with Gasteiger partial charge in [0.25, 0.3) is 0 Å². The van der Waals surface area contributed by atoms with Crippen molar-refractivity contribution >= 4 is 9.84 Å². The number of alkyl halides is 6. The van der Waals surface area contributed by atoms with Gasteiger partial charge in [0.2, 0.25) is 15.3 Å². The van der Waals surface area contributed by atoms with Gasteiger partial charge in [-0.3, -0.25) is 0 Å². The van der Waals surface area contributed by atoms with Crippen molar-refractivity contribution in [2.24, 2.45) is 0 Å². The van der Waals surface area contributed by atoms with Crippen molar-refractivity contribution in [1.82, 2.24) is 0 Å². The molecule has 0 unspecified atom stereocenters. The summed E-state index contributed by atoms with van der Waals surface area (Å²) in [6.07, 6.45) is -11.4. The Balaban J connectivity index is 1.63. The second-order valence-corrected chi connectivity index (χ2v) is 10.8. The quantitative estimate of drug-likeness (QED) is 0.208. The van der Waals surface area contributed by atoms with Gasteiger partial charge in [0.1, 0.15) is 17.2 Å². The van der Waals surface area contributed by atoms with Gasteiger partial charge in [0, 0.05) is 0 Å². The largest absolute Gasteiger partial charge is 0.497 e. The van der Waals surface area contributed by atoms with Gasteiger partial charge >= 0.3 is 12.4 Å². The molecule has 0 aliphatic rings. The molecule has 4 aromatic rings. The van der Waals surface area contributed by atoms with E-state index in [1.807, 2.05) is 0 Å². The maximum atomic E-state index is 14.3. The molecule has 40 heavy (non-hydrogen) atoms. The lowest BCUT2D eigenvalue weighted by Gasteiger charge is -2.38. The number of aryl methyl sites for hydroxylation is 1. The normalized spacial score (nSPS) is 12.7. The van der Waals surface area contributed by atoms with Crippen LogP contribution in [0.1, 0.15) is 16.7 Å². The van der Waals surface area contributed by atoms with Crippen LogP contribution in [0.2, 0.25) is 0 Å². The number of ether oxygens (including phenoxy) is 2. The van der Waals surface area contributed by atoms with Crippen LogP contribution in [-0.2, 0) is 15.3 Å². The lowest BCUT2D eigenvalue weighted by Crippen LogP contribution is -2.54. The minimum atomic E-state index is -5.70. The average Bonchev–Trinajstić information content (AvgIpc) is 2.90. The molecule has 0 spiro atoms. The van der Waals surface area contributed by atoms with E-state index in [2.05, 4.69) is 0 Å². The van der Waals surface area contributed by atoms with Gasteiger partial charge in [-0.2, -0.15) is 26.3 Å². The van der Waals surface area contributed by atoms with E-state index in [1.54, 1.807) is 6.92 Å². The van der Waals surface area contributed by atoms with Gasteiger partial charge in [0.05, 0.1) is 16.9 Å². The lowest BCUT2D eigenvalue weighted by molar-refractivity contribution is -0.288. The first-order valence-corrected chi connectivity index (χ1v) is 13.2. The third-order valence-corrected chi connectivity index (χ3v) is 8.15. The Labute approximate surface area is 226 Å². The fourth-order valence-electron chi connectivity index (χ4n) is 4.27. The average molecular weight is 581 g/mol. The summed E-state index contributed by atoms with van der Waals surface area (Å²) < 4.78 is 122. The van der Waals surface area contributed by atoms with E-state index >= 15 is 0 Å². The number of sulfone groups is 1. The molecule has 210 valence electrons. The van der Waals surface area contributed by atoms with Crippen LogP contribution in [0, 0.1) is 6.92 Å². The van der Waals surface area contributed by atoms with E-state index in [4.69, 9.17) is 9.47 Å². The molecule has 4 aromatic carbocycles. The maximum Gasteiger partial charge on any atom is 0.411 e. The van der Waals surface area contributed by atoms with Crippen LogP contribution in [0.15, 0.2) is 107 Å². The van der Waals surface area contributed by atoms with Crippen LogP contribution >= 0.6 is 0 Å². The van der Waals surface area contributed by atoms with Gasteiger partial charge in [-0.25, -0.2) is 8.42 Å². The Bertz CT molecular complexity index is 1550. The highest BCUT2D eigenvalue weighted by molar-refractivity contribution is 7.91. The second-order valence-electron chi connectivity index (χ2n) is 8.89. The first-order chi connectivity index (χ1) is 18.7. The minimum absolute atomic E-state index is 0.0314. The molecule has 4 nitrogen and oxygen atoms in total. The Morgan fingerprint density at radius 1 is 0.550 bits per heavy atom. The Morgan fingerprint density at radius 2 is 0.900 bits per heavy atom. The SMILES string of the molecule is COc1ccc(S(=O)(=O)c2ccc(Oc3ccc(C(c4ccc(C)cc4)(C(F)(F)F)C(F)(F)F)cc3)cc2)cc1. The van der Waals surface area contributed by atoms with Crippen molar-refractivity contribution in [1.29, 1.82) is 0 Å². The molecule has 0 heterocycles. The van der Waals surface area contributed by atoms with Gasteiger partial charge in [-0.1, -0.05) is 42.0 Å². The van der Waals surface area contributed by atoms with Crippen LogP contribution < -0.4 is 9.47 Å². The highest BCUT2D eigenvalue weighted by Gasteiger charge is 2.72. The summed E-state index contributed by atoms with van der Waals surface area (Å²) >= 11 is 0. The van der Waals surface area contributed by atoms with Gasteiger partial charge < -0.3 is 9.47 Å². The summed E-state index contributed by atoms with van der Waals surface area (Å²) in [5.41, 5.74) is -5.73. The molecule has 0 aliphatic carbocycles. The predicted octanol–water partition coefficient (Wildman–Crippen LogP) is 8.04. The van der Waals surface area contributed by atoms with Crippen molar-refractivity contribution in [3.63, 3.8) is 0 Å². The van der Waals surface area contributed by atoms with Crippen LogP contribution in [0.5, 0.6) is 17.2 Å². The Hall–Kier alpha value is -3.99. The lowest BCUT2D eigenvalue weighted by atomic mass is 9.72. The zero-order valence-electron chi connectivity index (χ0n) is 21.0. The number of methoxy groups -OCH3 is 1. The Kier molecular flexibility index (Phi) is 7.64. The van der Waals surface area contributed by atoms with E-state index in [0.29, 0.717) is 11.3 Å². The molecular weight excluding hydrogens is 558 g/mol. The number of rotatable bonds is 7. The predicted molar refractivity (Wildman–Crippen MR) is 135 cm³/mol. The first kappa shape index (κ1) is 29.0. The molecule has 4 rings (SSSR count). The van der Waals surface area contributed by atoms with Gasteiger partial charge in [-0.05, 0) is 78.7 Å². The molecule has 0 aromatic heterocycles. The minimum Gasteiger partial charge on any atom is -0.497 e. The highest BCUT2D eigenvalue weighted by Crippen LogP contribution is 2.56. The van der Waals surface area contributed by atoms with E-state index in [1.165, 1.54) is 67.8 Å². The topological polar surface area (TPSA) is 52.6 Å². The molecule has 11 heteroatoms. The molecule has 0 fully saturated rings. The Morgan fingerprint density at radius 3 is 1.27 bits per heavy atom. The van der Waals surface area contributed by atoms with Crippen molar-refractivity contribution < 1.29 is 44.2 Å². The first-order valence-electron chi connectivity index (χ1n) is 11.7. The van der Waals surface area contributed by atoms with Crippen LogP contribution in [-0.4, -0.2) is 27.9 Å². The van der Waals surface area contributed by atoms with E-state index in [0.717, 1.165) is 36.4 Å². The third kappa shape index (κ3) is 5.25. The fourth-order valence-corrected chi connectivity index (χ4v) is 5.53. The fraction of sp³-hybridized carbons (Fsp3) is 0.172. The molecule has 0 N–H and O–H groups in total. The number of hydrogen-bond donors (Lipinski definition) is 0. The van der Waals surface area contributed by atoms with E-state index < -0.39 is 38.7 Å². The summed E-state index contributed by atoms with van der Waals surface area (Å²) in [5, 5.41) is 0. The summed E-state index contributed by atoms with van der Waals surface area (Å²) in [7, 11) is -2.41. The molecule has 0 aliphatic heterocycles. The van der Waals surface area contributed by atoms with Crippen molar-refractivity contribution in [2.45, 2.75) is 34.5 Å². The zero-order valence-corrected chi connectivity index (χ0v) is 21.9. The molecule has 0 radical (unpaired) electrons. The van der Waals surface area contributed by atoms with Gasteiger partial charge in [0.15, 0.2) is 0 Å². The number of hydrogen-bond acceptors (Lipinski definition) is 4. The number of halogens is 6. The van der Waals surface area contributed by atoms with Gasteiger partial charge in [-0.15, -0.1) is 0 Å². The smallest absolute Gasteiger partial charge is 0.411 e.